The molecule has 0 saturated heterocycles. The first-order chi connectivity index (χ1) is 11.2. The van der Waals surface area contributed by atoms with Gasteiger partial charge in [-0.3, -0.25) is 0 Å². The largest absolute Gasteiger partial charge is 0.143 e. The predicted octanol–water partition coefficient (Wildman–Crippen LogP) is 7.29. The summed E-state index contributed by atoms with van der Waals surface area (Å²) < 4.78 is 0.136. The van der Waals surface area contributed by atoms with Crippen LogP contribution in [-0.2, 0) is 0 Å². The molecule has 0 aliphatic carbocycles. The van der Waals surface area contributed by atoms with Crippen LogP contribution in [0.15, 0.2) is 23.6 Å². The Labute approximate surface area is 159 Å². The van der Waals surface area contributed by atoms with E-state index >= 15 is 0 Å². The van der Waals surface area contributed by atoms with Gasteiger partial charge in [-0.2, -0.15) is 0 Å². The third kappa shape index (κ3) is 5.46. The lowest BCUT2D eigenvalue weighted by Crippen LogP contribution is -2.45. The average Bonchev–Trinajstić information content (AvgIpc) is 3.06. The molecule has 0 fully saturated rings. The fourth-order valence-electron chi connectivity index (χ4n) is 4.08. The number of thioether (sulfide) groups is 1. The number of hydrogen-bond acceptors (Lipinski definition) is 2. The Morgan fingerprint density at radius 3 is 2.08 bits per heavy atom. The van der Waals surface area contributed by atoms with Crippen LogP contribution in [-0.4, -0.2) is 19.1 Å². The first-order valence-electron chi connectivity index (χ1n) is 9.38. The quantitative estimate of drug-likeness (QED) is 0.418. The fourth-order valence-corrected chi connectivity index (χ4v) is 6.68. The van der Waals surface area contributed by atoms with E-state index in [4.69, 9.17) is 0 Å². The summed E-state index contributed by atoms with van der Waals surface area (Å²) in [5.74, 6) is 0. The van der Waals surface area contributed by atoms with Gasteiger partial charge < -0.3 is 0 Å². The van der Waals surface area contributed by atoms with Crippen molar-refractivity contribution >= 4 is 42.6 Å². The van der Waals surface area contributed by atoms with Gasteiger partial charge in [0.05, 0.1) is 0 Å². The second-order valence-corrected chi connectivity index (χ2v) is 10.9. The Bertz CT molecular complexity index is 524. The van der Waals surface area contributed by atoms with E-state index in [0.29, 0.717) is 0 Å². The highest BCUT2D eigenvalue weighted by molar-refractivity contribution is 8.12. The maximum atomic E-state index is 2.66. The maximum absolute atomic E-state index is 2.66. The molecule has 0 spiro atoms. The zero-order chi connectivity index (χ0) is 17.8. The van der Waals surface area contributed by atoms with Crippen molar-refractivity contribution in [3.05, 3.63) is 28.5 Å². The molecule has 0 atom stereocenters. The molecule has 2 heterocycles. The fraction of sp³-hybridized carbons (Fsp3) is 0.700. The van der Waals surface area contributed by atoms with Gasteiger partial charge in [-0.15, -0.1) is 23.1 Å². The molecule has 24 heavy (non-hydrogen) atoms. The number of allylic oxidation sites excluding steroid dienone is 1. The normalized spacial score (nSPS) is 17.7. The standard InChI is InChI=1S/C20H32B2S2/c1-7-12-18(3,4)21-20(22-19(5,6)13-8-2)14-11-17(24-20)16-10-9-15-23-16/h9-11,15H,7-8,12-14H2,1-6H3. The van der Waals surface area contributed by atoms with Crippen molar-refractivity contribution in [3.8, 4) is 0 Å². The van der Waals surface area contributed by atoms with Crippen LogP contribution in [0.25, 0.3) is 4.91 Å². The van der Waals surface area contributed by atoms with Crippen molar-refractivity contribution in [1.82, 2.24) is 0 Å². The van der Waals surface area contributed by atoms with Crippen molar-refractivity contribution in [1.29, 1.82) is 0 Å². The zero-order valence-corrected chi connectivity index (χ0v) is 17.9. The van der Waals surface area contributed by atoms with Crippen LogP contribution in [0.1, 0.15) is 78.5 Å². The summed E-state index contributed by atoms with van der Waals surface area (Å²) in [6, 6.07) is 4.42. The van der Waals surface area contributed by atoms with Gasteiger partial charge >= 0.3 is 0 Å². The molecule has 0 amide bonds. The summed E-state index contributed by atoms with van der Waals surface area (Å²) in [6.45, 7) is 14.2. The van der Waals surface area contributed by atoms with Gasteiger partial charge in [0.2, 0.25) is 0 Å². The van der Waals surface area contributed by atoms with Crippen molar-refractivity contribution in [2.24, 2.45) is 0 Å². The summed E-state index contributed by atoms with van der Waals surface area (Å²) in [5.41, 5.74) is 0. The average molecular weight is 358 g/mol. The first kappa shape index (κ1) is 20.2. The van der Waals surface area contributed by atoms with Gasteiger partial charge in [-0.05, 0) is 22.4 Å². The summed E-state index contributed by atoms with van der Waals surface area (Å²) in [7, 11) is 5.31. The van der Waals surface area contributed by atoms with Crippen LogP contribution < -0.4 is 0 Å². The Morgan fingerprint density at radius 2 is 1.62 bits per heavy atom. The van der Waals surface area contributed by atoms with Crippen molar-refractivity contribution in [3.63, 3.8) is 0 Å². The van der Waals surface area contributed by atoms with Crippen LogP contribution in [0.5, 0.6) is 0 Å². The summed E-state index contributed by atoms with van der Waals surface area (Å²) in [5, 5.41) is 2.74. The Morgan fingerprint density at radius 1 is 1.04 bits per heavy atom. The molecular weight excluding hydrogens is 326 g/mol. The van der Waals surface area contributed by atoms with E-state index in [1.54, 1.807) is 0 Å². The van der Waals surface area contributed by atoms with Crippen molar-refractivity contribution < 1.29 is 0 Å². The molecular formula is C20H32B2S2. The van der Waals surface area contributed by atoms with E-state index in [1.807, 2.05) is 11.3 Å². The molecule has 0 aromatic carbocycles. The summed E-state index contributed by atoms with van der Waals surface area (Å²) in [6.07, 6.45) is 8.59. The van der Waals surface area contributed by atoms with Crippen molar-refractivity contribution in [2.75, 3.05) is 0 Å². The van der Waals surface area contributed by atoms with E-state index < -0.39 is 0 Å². The van der Waals surface area contributed by atoms with Gasteiger partial charge in [0.15, 0.2) is 0 Å². The van der Waals surface area contributed by atoms with Gasteiger partial charge in [0, 0.05) is 9.78 Å². The molecule has 1 aromatic rings. The second-order valence-electron chi connectivity index (χ2n) is 8.57. The van der Waals surface area contributed by atoms with E-state index in [0.717, 1.165) is 6.42 Å². The Balaban J connectivity index is 2.20. The highest BCUT2D eigenvalue weighted by Crippen LogP contribution is 2.53. The third-order valence-electron chi connectivity index (χ3n) is 4.73. The topological polar surface area (TPSA) is 0 Å². The molecule has 130 valence electrons. The molecule has 0 saturated carbocycles. The minimum absolute atomic E-state index is 0.136. The second kappa shape index (κ2) is 8.08. The molecule has 2 rings (SSSR count). The van der Waals surface area contributed by atoms with E-state index in [2.05, 4.69) is 91.5 Å². The molecule has 0 nitrogen and oxygen atoms in total. The number of hydrogen-bond donors (Lipinski definition) is 0. The maximum Gasteiger partial charge on any atom is 0.129 e. The van der Waals surface area contributed by atoms with Gasteiger partial charge in [-0.25, -0.2) is 0 Å². The zero-order valence-electron chi connectivity index (χ0n) is 16.3. The molecule has 1 aliphatic heterocycles. The van der Waals surface area contributed by atoms with Gasteiger partial charge in [0.25, 0.3) is 0 Å². The highest BCUT2D eigenvalue weighted by Gasteiger charge is 2.44. The molecule has 2 radical (unpaired) electrons. The van der Waals surface area contributed by atoms with Crippen molar-refractivity contribution in [2.45, 2.75) is 88.8 Å². The van der Waals surface area contributed by atoms with Crippen LogP contribution in [0.2, 0.25) is 10.6 Å². The minimum atomic E-state index is 0.136. The third-order valence-corrected chi connectivity index (χ3v) is 7.15. The monoisotopic (exact) mass is 358 g/mol. The van der Waals surface area contributed by atoms with Crippen LogP contribution >= 0.6 is 23.1 Å². The van der Waals surface area contributed by atoms with E-state index in [1.165, 1.54) is 35.5 Å². The Hall–Kier alpha value is -0.0801. The van der Waals surface area contributed by atoms with Crippen LogP contribution in [0.3, 0.4) is 0 Å². The number of rotatable bonds is 9. The lowest BCUT2D eigenvalue weighted by atomic mass is 9.29. The molecule has 0 bridgehead atoms. The van der Waals surface area contributed by atoms with Gasteiger partial charge in [-0.1, -0.05) is 90.0 Å². The van der Waals surface area contributed by atoms with E-state index in [-0.39, 0.29) is 15.2 Å². The van der Waals surface area contributed by atoms with E-state index in [9.17, 15) is 0 Å². The number of thiophene rings is 1. The summed E-state index contributed by atoms with van der Waals surface area (Å²) >= 11 is 3.94. The molecule has 4 heteroatoms. The van der Waals surface area contributed by atoms with Crippen LogP contribution in [0.4, 0.5) is 0 Å². The lowest BCUT2D eigenvalue weighted by Gasteiger charge is -2.41. The smallest absolute Gasteiger partial charge is 0.129 e. The lowest BCUT2D eigenvalue weighted by molar-refractivity contribution is 0.574. The SMILES string of the molecule is CCCC(C)(C)[B]C1([B]C(C)(C)CCC)CC=C(c2cccs2)S1. The minimum Gasteiger partial charge on any atom is -0.143 e. The predicted molar refractivity (Wildman–Crippen MR) is 117 cm³/mol. The molecule has 1 aromatic heterocycles. The van der Waals surface area contributed by atoms with Gasteiger partial charge in [0.1, 0.15) is 14.6 Å². The first-order valence-corrected chi connectivity index (χ1v) is 11.1. The Kier molecular flexibility index (Phi) is 6.81. The molecule has 0 N–H and O–H groups in total. The molecule has 0 unspecified atom stereocenters. The highest BCUT2D eigenvalue weighted by atomic mass is 32.2. The molecule has 1 aliphatic rings. The van der Waals surface area contributed by atoms with Crippen LogP contribution in [0, 0.1) is 0 Å². The summed E-state index contributed by atoms with van der Waals surface area (Å²) in [4.78, 5) is 2.89.